The smallest absolute Gasteiger partial charge is 0.317 e. The van der Waals surface area contributed by atoms with Gasteiger partial charge in [-0.05, 0) is 52.6 Å². The summed E-state index contributed by atoms with van der Waals surface area (Å²) in [5.41, 5.74) is 0.777. The number of aromatic nitrogens is 1. The number of carbonyl (C=O) groups excluding carboxylic acids is 1. The van der Waals surface area contributed by atoms with Gasteiger partial charge in [0, 0.05) is 25.7 Å². The van der Waals surface area contributed by atoms with Crippen molar-refractivity contribution in [2.24, 2.45) is 0 Å². The number of hydrogen-bond donors (Lipinski definition) is 1. The van der Waals surface area contributed by atoms with Crippen LogP contribution in [0, 0.1) is 6.92 Å². The summed E-state index contributed by atoms with van der Waals surface area (Å²) in [6, 6.07) is 2.51. The molecule has 1 unspecified atom stereocenters. The van der Waals surface area contributed by atoms with Crippen LogP contribution < -0.4 is 5.32 Å². The number of piperidine rings is 1. The van der Waals surface area contributed by atoms with Crippen molar-refractivity contribution in [2.75, 3.05) is 26.7 Å². The van der Waals surface area contributed by atoms with Gasteiger partial charge in [-0.25, -0.2) is 4.79 Å². The van der Waals surface area contributed by atoms with E-state index in [1.165, 1.54) is 25.8 Å². The van der Waals surface area contributed by atoms with Gasteiger partial charge in [-0.2, -0.15) is 0 Å². The van der Waals surface area contributed by atoms with Gasteiger partial charge in [0.1, 0.15) is 11.5 Å². The van der Waals surface area contributed by atoms with Crippen molar-refractivity contribution in [3.8, 4) is 0 Å². The van der Waals surface area contributed by atoms with Gasteiger partial charge in [-0.3, -0.25) is 0 Å². The predicted octanol–water partition coefficient (Wildman–Crippen LogP) is 2.78. The molecule has 1 N–H and O–H groups in total. The zero-order valence-electron chi connectivity index (χ0n) is 14.7. The van der Waals surface area contributed by atoms with Gasteiger partial charge in [0.05, 0.1) is 6.54 Å². The number of amides is 2. The summed E-state index contributed by atoms with van der Waals surface area (Å²) in [5.74, 6) is 0.765. The molecule has 0 aromatic carbocycles. The molecule has 130 valence electrons. The molecule has 1 saturated heterocycles. The number of aryl methyl sites for hydroxylation is 1. The lowest BCUT2D eigenvalue weighted by Gasteiger charge is -2.33. The maximum Gasteiger partial charge on any atom is 0.317 e. The van der Waals surface area contributed by atoms with E-state index in [1.54, 1.807) is 11.9 Å². The van der Waals surface area contributed by atoms with Gasteiger partial charge in [0.15, 0.2) is 0 Å². The first-order valence-electron chi connectivity index (χ1n) is 8.71. The lowest BCUT2D eigenvalue weighted by atomic mass is 10.0. The molecule has 0 saturated carbocycles. The topological polar surface area (TPSA) is 61.6 Å². The maximum absolute atomic E-state index is 12.0. The molecule has 1 atom stereocenters. The van der Waals surface area contributed by atoms with E-state index in [0.717, 1.165) is 43.4 Å². The third-order valence-corrected chi connectivity index (χ3v) is 4.51. The second kappa shape index (κ2) is 8.91. The number of nitrogens with zero attached hydrogens (tertiary/aromatic N) is 3. The lowest BCUT2D eigenvalue weighted by Crippen LogP contribution is -2.39. The molecule has 1 fully saturated rings. The number of nitrogens with one attached hydrogen (secondary N) is 1. The van der Waals surface area contributed by atoms with Gasteiger partial charge in [0.2, 0.25) is 0 Å². The van der Waals surface area contributed by atoms with Gasteiger partial charge in [0.25, 0.3) is 0 Å². The van der Waals surface area contributed by atoms with Crippen LogP contribution in [0.1, 0.15) is 50.5 Å². The molecular weight excluding hydrogens is 292 g/mol. The molecule has 6 heteroatoms. The van der Waals surface area contributed by atoms with E-state index in [1.807, 2.05) is 13.0 Å². The molecule has 1 aliphatic heterocycles. The summed E-state index contributed by atoms with van der Waals surface area (Å²) < 4.78 is 5.01. The minimum Gasteiger partial charge on any atom is -0.361 e. The number of rotatable bonds is 7. The normalized spacial score (nSPS) is 18.8. The highest BCUT2D eigenvalue weighted by molar-refractivity contribution is 5.73. The molecular formula is C17H30N4O2. The highest BCUT2D eigenvalue weighted by atomic mass is 16.5. The van der Waals surface area contributed by atoms with E-state index in [0.29, 0.717) is 6.54 Å². The summed E-state index contributed by atoms with van der Waals surface area (Å²) >= 11 is 0. The summed E-state index contributed by atoms with van der Waals surface area (Å²) in [6.07, 6.45) is 6.17. The third kappa shape index (κ3) is 5.86. The summed E-state index contributed by atoms with van der Waals surface area (Å²) in [5, 5.41) is 6.87. The van der Waals surface area contributed by atoms with Crippen molar-refractivity contribution in [1.82, 2.24) is 20.3 Å². The van der Waals surface area contributed by atoms with Gasteiger partial charge < -0.3 is 19.6 Å². The van der Waals surface area contributed by atoms with Crippen LogP contribution in [-0.4, -0.2) is 53.7 Å². The van der Waals surface area contributed by atoms with Crippen LogP contribution in [0.15, 0.2) is 10.6 Å². The van der Waals surface area contributed by atoms with Crippen LogP contribution >= 0.6 is 0 Å². The SMILES string of the molecule is Cc1cc(CN(C)C(=O)NCCCCN2CCCCC2C)no1. The first kappa shape index (κ1) is 17.8. The number of hydrogen-bond acceptors (Lipinski definition) is 4. The number of carbonyl (C=O) groups is 1. The van der Waals surface area contributed by atoms with Gasteiger partial charge in [-0.1, -0.05) is 11.6 Å². The highest BCUT2D eigenvalue weighted by Gasteiger charge is 2.17. The second-order valence-electron chi connectivity index (χ2n) is 6.60. The monoisotopic (exact) mass is 322 g/mol. The van der Waals surface area contributed by atoms with E-state index in [-0.39, 0.29) is 6.03 Å². The highest BCUT2D eigenvalue weighted by Crippen LogP contribution is 2.16. The third-order valence-electron chi connectivity index (χ3n) is 4.51. The zero-order chi connectivity index (χ0) is 16.7. The van der Waals surface area contributed by atoms with Crippen LogP contribution in [0.5, 0.6) is 0 Å². The molecule has 0 spiro atoms. The molecule has 2 rings (SSSR count). The molecule has 6 nitrogen and oxygen atoms in total. The Morgan fingerprint density at radius 2 is 2.30 bits per heavy atom. The number of urea groups is 1. The van der Waals surface area contributed by atoms with Gasteiger partial charge in [-0.15, -0.1) is 0 Å². The first-order valence-corrected chi connectivity index (χ1v) is 8.71. The largest absolute Gasteiger partial charge is 0.361 e. The van der Waals surface area contributed by atoms with Crippen LogP contribution in [0.25, 0.3) is 0 Å². The average Bonchev–Trinajstić information content (AvgIpc) is 2.93. The number of likely N-dealkylation sites (tertiary alicyclic amines) is 1. The Morgan fingerprint density at radius 3 is 3.00 bits per heavy atom. The fraction of sp³-hybridized carbons (Fsp3) is 0.765. The number of unbranched alkanes of at least 4 members (excludes halogenated alkanes) is 1. The molecule has 1 aromatic rings. The summed E-state index contributed by atoms with van der Waals surface area (Å²) in [7, 11) is 1.77. The van der Waals surface area contributed by atoms with E-state index >= 15 is 0 Å². The Bertz CT molecular complexity index is 489. The van der Waals surface area contributed by atoms with Crippen LogP contribution in [-0.2, 0) is 6.54 Å². The quantitative estimate of drug-likeness (QED) is 0.784. The molecule has 0 radical (unpaired) electrons. The van der Waals surface area contributed by atoms with Crippen LogP contribution in [0.4, 0.5) is 4.79 Å². The minimum absolute atomic E-state index is 0.0583. The fourth-order valence-corrected chi connectivity index (χ4v) is 3.07. The maximum atomic E-state index is 12.0. The minimum atomic E-state index is -0.0583. The van der Waals surface area contributed by atoms with E-state index in [2.05, 4.69) is 22.3 Å². The molecule has 1 aliphatic rings. The second-order valence-corrected chi connectivity index (χ2v) is 6.60. The first-order chi connectivity index (χ1) is 11.1. The van der Waals surface area contributed by atoms with Gasteiger partial charge >= 0.3 is 6.03 Å². The summed E-state index contributed by atoms with van der Waals surface area (Å²) in [6.45, 7) is 7.73. The zero-order valence-corrected chi connectivity index (χ0v) is 14.7. The molecule has 1 aromatic heterocycles. The Labute approximate surface area is 139 Å². The van der Waals surface area contributed by atoms with Crippen molar-refractivity contribution in [3.63, 3.8) is 0 Å². The molecule has 2 amide bonds. The predicted molar refractivity (Wildman–Crippen MR) is 90.2 cm³/mol. The van der Waals surface area contributed by atoms with Crippen molar-refractivity contribution < 1.29 is 9.32 Å². The molecule has 0 bridgehead atoms. The fourth-order valence-electron chi connectivity index (χ4n) is 3.07. The Hall–Kier alpha value is -1.56. The van der Waals surface area contributed by atoms with E-state index in [9.17, 15) is 4.79 Å². The lowest BCUT2D eigenvalue weighted by molar-refractivity contribution is 0.157. The average molecular weight is 322 g/mol. The van der Waals surface area contributed by atoms with E-state index < -0.39 is 0 Å². The molecule has 23 heavy (non-hydrogen) atoms. The Kier molecular flexibility index (Phi) is 6.89. The van der Waals surface area contributed by atoms with E-state index in [4.69, 9.17) is 4.52 Å². The van der Waals surface area contributed by atoms with Crippen LogP contribution in [0.2, 0.25) is 0 Å². The van der Waals surface area contributed by atoms with Crippen molar-refractivity contribution in [3.05, 3.63) is 17.5 Å². The Balaban J connectivity index is 1.57. The van der Waals surface area contributed by atoms with Crippen molar-refractivity contribution in [2.45, 2.75) is 58.5 Å². The summed E-state index contributed by atoms with van der Waals surface area (Å²) in [4.78, 5) is 16.2. The standard InChI is InChI=1S/C17H30N4O2/c1-14-8-4-6-10-21(14)11-7-5-9-18-17(22)20(3)13-16-12-15(2)23-19-16/h12,14H,4-11,13H2,1-3H3,(H,18,22). The Morgan fingerprint density at radius 1 is 1.48 bits per heavy atom. The van der Waals surface area contributed by atoms with Crippen LogP contribution in [0.3, 0.4) is 0 Å². The van der Waals surface area contributed by atoms with Crippen molar-refractivity contribution in [1.29, 1.82) is 0 Å². The molecule has 0 aliphatic carbocycles. The molecule has 2 heterocycles. The van der Waals surface area contributed by atoms with Crippen molar-refractivity contribution >= 4 is 6.03 Å².